The van der Waals surface area contributed by atoms with Crippen molar-refractivity contribution in [3.63, 3.8) is 0 Å². The summed E-state index contributed by atoms with van der Waals surface area (Å²) in [6.45, 7) is 10.9. The van der Waals surface area contributed by atoms with Gasteiger partial charge >= 0.3 is 6.09 Å². The third-order valence-corrected chi connectivity index (χ3v) is 5.14. The summed E-state index contributed by atoms with van der Waals surface area (Å²) in [5.41, 5.74) is 1.97. The zero-order valence-electron chi connectivity index (χ0n) is 15.2. The molecule has 1 aromatic heterocycles. The number of nitrogens with zero attached hydrogens (tertiary/aromatic N) is 2. The first kappa shape index (κ1) is 17.2. The van der Waals surface area contributed by atoms with Gasteiger partial charge in [-0.05, 0) is 64.0 Å². The molecule has 1 aliphatic carbocycles. The van der Waals surface area contributed by atoms with Gasteiger partial charge in [0, 0.05) is 37.6 Å². The van der Waals surface area contributed by atoms with Crippen molar-refractivity contribution in [2.75, 3.05) is 13.1 Å². The van der Waals surface area contributed by atoms with E-state index in [2.05, 4.69) is 28.2 Å². The van der Waals surface area contributed by atoms with E-state index in [0.29, 0.717) is 11.8 Å². The predicted molar refractivity (Wildman–Crippen MR) is 93.6 cm³/mol. The number of amides is 1. The van der Waals surface area contributed by atoms with Crippen LogP contribution in [0.2, 0.25) is 0 Å². The summed E-state index contributed by atoms with van der Waals surface area (Å²) in [7, 11) is 0. The fourth-order valence-electron chi connectivity index (χ4n) is 4.05. The first-order chi connectivity index (χ1) is 11.3. The van der Waals surface area contributed by atoms with Crippen molar-refractivity contribution >= 4 is 6.09 Å². The Morgan fingerprint density at radius 1 is 1.38 bits per heavy atom. The van der Waals surface area contributed by atoms with Crippen LogP contribution < -0.4 is 5.32 Å². The maximum atomic E-state index is 12.1. The zero-order valence-corrected chi connectivity index (χ0v) is 15.2. The molecule has 132 valence electrons. The van der Waals surface area contributed by atoms with E-state index in [4.69, 9.17) is 4.74 Å². The van der Waals surface area contributed by atoms with E-state index in [1.807, 2.05) is 33.0 Å². The van der Waals surface area contributed by atoms with Crippen molar-refractivity contribution in [3.8, 4) is 0 Å². The molecule has 3 atom stereocenters. The smallest absolute Gasteiger partial charge is 0.407 e. The minimum absolute atomic E-state index is 0.241. The molecule has 2 heterocycles. The topological polar surface area (TPSA) is 54.5 Å². The van der Waals surface area contributed by atoms with Crippen LogP contribution in [0.15, 0.2) is 18.3 Å². The van der Waals surface area contributed by atoms with Crippen LogP contribution in [0.3, 0.4) is 0 Å². The molecule has 1 N–H and O–H groups in total. The molecule has 2 fully saturated rings. The highest BCUT2D eigenvalue weighted by Gasteiger charge is 2.43. The van der Waals surface area contributed by atoms with Gasteiger partial charge in [0.25, 0.3) is 0 Å². The predicted octanol–water partition coefficient (Wildman–Crippen LogP) is 3.13. The van der Waals surface area contributed by atoms with E-state index in [1.165, 1.54) is 12.0 Å². The van der Waals surface area contributed by atoms with E-state index in [9.17, 15) is 4.79 Å². The average Bonchev–Trinajstić information content (AvgIpc) is 3.01. The monoisotopic (exact) mass is 331 g/mol. The standard InChI is InChI=1S/C19H29N3O2/c1-13-14(6-5-9-20-13)10-22-11-15-7-8-17(16(15)12-22)21-18(23)24-19(2,3)4/h5-6,9,15-17H,7-8,10-12H2,1-4H3,(H,21,23)/t15-,16+,17-/m0/s1. The highest BCUT2D eigenvalue weighted by molar-refractivity contribution is 5.68. The fourth-order valence-corrected chi connectivity index (χ4v) is 4.05. The molecular weight excluding hydrogens is 302 g/mol. The van der Waals surface area contributed by atoms with E-state index in [-0.39, 0.29) is 12.1 Å². The van der Waals surface area contributed by atoms with E-state index in [0.717, 1.165) is 31.7 Å². The fraction of sp³-hybridized carbons (Fsp3) is 0.684. The molecular formula is C19H29N3O2. The lowest BCUT2D eigenvalue weighted by Gasteiger charge is -2.25. The highest BCUT2D eigenvalue weighted by atomic mass is 16.6. The summed E-state index contributed by atoms with van der Waals surface area (Å²) in [6, 6.07) is 4.41. The van der Waals surface area contributed by atoms with Gasteiger partial charge in [-0.15, -0.1) is 0 Å². The average molecular weight is 331 g/mol. The van der Waals surface area contributed by atoms with Crippen LogP contribution in [-0.4, -0.2) is 40.7 Å². The second kappa shape index (κ2) is 6.71. The SMILES string of the molecule is Cc1ncccc1CN1C[C@@H]2CC[C@H](NC(=O)OC(C)(C)C)[C@@H]2C1. The first-order valence-corrected chi connectivity index (χ1v) is 8.94. The number of carbonyl (C=O) groups excluding carboxylic acids is 1. The van der Waals surface area contributed by atoms with Gasteiger partial charge < -0.3 is 10.1 Å². The number of aromatic nitrogens is 1. The van der Waals surface area contributed by atoms with Gasteiger partial charge in [0.2, 0.25) is 0 Å². The van der Waals surface area contributed by atoms with Crippen molar-refractivity contribution in [2.45, 2.75) is 58.7 Å². The summed E-state index contributed by atoms with van der Waals surface area (Å²) in [5, 5.41) is 3.10. The van der Waals surface area contributed by atoms with Crippen LogP contribution in [0.4, 0.5) is 4.79 Å². The number of likely N-dealkylation sites (tertiary alicyclic amines) is 1. The lowest BCUT2D eigenvalue weighted by Crippen LogP contribution is -2.42. The van der Waals surface area contributed by atoms with Crippen LogP contribution in [0, 0.1) is 18.8 Å². The second-order valence-corrected chi connectivity index (χ2v) is 8.20. The van der Waals surface area contributed by atoms with Crippen LogP contribution in [0.1, 0.15) is 44.9 Å². The summed E-state index contributed by atoms with van der Waals surface area (Å²) in [6.07, 6.45) is 3.81. The Kier molecular flexibility index (Phi) is 4.81. The van der Waals surface area contributed by atoms with Gasteiger partial charge in [-0.1, -0.05) is 6.07 Å². The van der Waals surface area contributed by atoms with Gasteiger partial charge in [0.15, 0.2) is 0 Å². The van der Waals surface area contributed by atoms with E-state index in [1.54, 1.807) is 0 Å². The van der Waals surface area contributed by atoms with Crippen molar-refractivity contribution in [2.24, 2.45) is 11.8 Å². The molecule has 0 aromatic carbocycles. The van der Waals surface area contributed by atoms with Crippen LogP contribution >= 0.6 is 0 Å². The number of ether oxygens (including phenoxy) is 1. The number of hydrogen-bond donors (Lipinski definition) is 1. The Hall–Kier alpha value is -1.62. The maximum Gasteiger partial charge on any atom is 0.407 e. The summed E-state index contributed by atoms with van der Waals surface area (Å²) >= 11 is 0. The van der Waals surface area contributed by atoms with Crippen molar-refractivity contribution in [3.05, 3.63) is 29.6 Å². The van der Waals surface area contributed by atoms with Crippen LogP contribution in [-0.2, 0) is 11.3 Å². The number of nitrogens with one attached hydrogen (secondary N) is 1. The molecule has 24 heavy (non-hydrogen) atoms. The molecule has 1 amide bonds. The van der Waals surface area contributed by atoms with Crippen molar-refractivity contribution in [1.29, 1.82) is 0 Å². The molecule has 5 nitrogen and oxygen atoms in total. The van der Waals surface area contributed by atoms with E-state index >= 15 is 0 Å². The minimum Gasteiger partial charge on any atom is -0.444 e. The summed E-state index contributed by atoms with van der Waals surface area (Å²) < 4.78 is 5.41. The first-order valence-electron chi connectivity index (χ1n) is 8.94. The Labute approximate surface area is 144 Å². The number of fused-ring (bicyclic) bond motifs is 1. The molecule has 0 spiro atoms. The van der Waals surface area contributed by atoms with Gasteiger partial charge in [0.1, 0.15) is 5.60 Å². The van der Waals surface area contributed by atoms with Gasteiger partial charge in [0.05, 0.1) is 0 Å². The molecule has 3 rings (SSSR count). The zero-order chi connectivity index (χ0) is 17.3. The molecule has 1 aliphatic heterocycles. The second-order valence-electron chi connectivity index (χ2n) is 8.20. The van der Waals surface area contributed by atoms with Crippen molar-refractivity contribution < 1.29 is 9.53 Å². The number of pyridine rings is 1. The Bertz CT molecular complexity index is 597. The summed E-state index contributed by atoms with van der Waals surface area (Å²) in [5.74, 6) is 1.22. The van der Waals surface area contributed by atoms with Gasteiger partial charge in [-0.2, -0.15) is 0 Å². The van der Waals surface area contributed by atoms with Crippen LogP contribution in [0.5, 0.6) is 0 Å². The molecule has 0 bridgehead atoms. The number of hydrogen-bond acceptors (Lipinski definition) is 4. The molecule has 5 heteroatoms. The van der Waals surface area contributed by atoms with Crippen LogP contribution in [0.25, 0.3) is 0 Å². The number of alkyl carbamates (subject to hydrolysis) is 1. The number of carbonyl (C=O) groups is 1. The maximum absolute atomic E-state index is 12.1. The third-order valence-electron chi connectivity index (χ3n) is 5.14. The quantitative estimate of drug-likeness (QED) is 0.924. The van der Waals surface area contributed by atoms with Gasteiger partial charge in [-0.3, -0.25) is 9.88 Å². The summed E-state index contributed by atoms with van der Waals surface area (Å²) in [4.78, 5) is 18.9. The highest BCUT2D eigenvalue weighted by Crippen LogP contribution is 2.38. The lowest BCUT2D eigenvalue weighted by atomic mass is 9.98. The largest absolute Gasteiger partial charge is 0.444 e. The third kappa shape index (κ3) is 4.07. The molecule has 0 radical (unpaired) electrons. The minimum atomic E-state index is -0.443. The van der Waals surface area contributed by atoms with E-state index < -0.39 is 5.60 Å². The molecule has 1 saturated carbocycles. The Balaban J connectivity index is 1.56. The number of aryl methyl sites for hydroxylation is 1. The van der Waals surface area contributed by atoms with Gasteiger partial charge in [-0.25, -0.2) is 4.79 Å². The Morgan fingerprint density at radius 2 is 2.17 bits per heavy atom. The normalized spacial score (nSPS) is 27.1. The molecule has 1 aromatic rings. The molecule has 2 aliphatic rings. The van der Waals surface area contributed by atoms with Crippen molar-refractivity contribution in [1.82, 2.24) is 15.2 Å². The Morgan fingerprint density at radius 3 is 2.88 bits per heavy atom. The molecule has 1 saturated heterocycles. The number of rotatable bonds is 3. The lowest BCUT2D eigenvalue weighted by molar-refractivity contribution is 0.0491. The molecule has 0 unspecified atom stereocenters.